The first-order chi connectivity index (χ1) is 13.1. The van der Waals surface area contributed by atoms with Gasteiger partial charge in [0.2, 0.25) is 0 Å². The van der Waals surface area contributed by atoms with E-state index in [9.17, 15) is 4.79 Å². The van der Waals surface area contributed by atoms with Gasteiger partial charge in [-0.15, -0.1) is 11.3 Å². The molecule has 4 heterocycles. The van der Waals surface area contributed by atoms with E-state index in [0.29, 0.717) is 6.61 Å². The molecule has 1 fully saturated rings. The van der Waals surface area contributed by atoms with Gasteiger partial charge in [-0.2, -0.15) is 5.10 Å². The summed E-state index contributed by atoms with van der Waals surface area (Å²) in [5.74, 6) is 0.0689. The van der Waals surface area contributed by atoms with E-state index in [4.69, 9.17) is 9.84 Å². The number of ether oxygens (including phenoxy) is 1. The maximum Gasteiger partial charge on any atom is 0.261 e. The van der Waals surface area contributed by atoms with Crippen molar-refractivity contribution in [3.63, 3.8) is 0 Å². The van der Waals surface area contributed by atoms with Crippen LogP contribution in [0.5, 0.6) is 0 Å². The molecule has 146 valence electrons. The van der Waals surface area contributed by atoms with Crippen LogP contribution in [0.1, 0.15) is 51.3 Å². The number of nitrogens with zero attached hydrogens (tertiary/aromatic N) is 3. The Morgan fingerprint density at radius 2 is 2.19 bits per heavy atom. The molecule has 1 amide bonds. The third-order valence-corrected chi connectivity index (χ3v) is 6.54. The summed E-state index contributed by atoms with van der Waals surface area (Å²) in [5, 5.41) is 8.04. The average molecular weight is 389 g/mol. The zero-order valence-corrected chi connectivity index (χ0v) is 17.0. The number of hydrogen-bond acceptors (Lipinski definition) is 5. The molecule has 6 nitrogen and oxygen atoms in total. The van der Waals surface area contributed by atoms with Crippen molar-refractivity contribution in [1.82, 2.24) is 20.0 Å². The van der Waals surface area contributed by atoms with Crippen LogP contribution in [0.3, 0.4) is 0 Å². The van der Waals surface area contributed by atoms with Crippen LogP contribution in [0.2, 0.25) is 0 Å². The van der Waals surface area contributed by atoms with Crippen LogP contribution in [0.15, 0.2) is 12.1 Å². The summed E-state index contributed by atoms with van der Waals surface area (Å²) in [7, 11) is 0. The van der Waals surface area contributed by atoms with Crippen LogP contribution in [-0.2, 0) is 30.9 Å². The Morgan fingerprint density at radius 1 is 1.37 bits per heavy atom. The molecular formula is C20H28N4O2S. The summed E-state index contributed by atoms with van der Waals surface area (Å²) < 4.78 is 7.81. The third kappa shape index (κ3) is 4.10. The van der Waals surface area contributed by atoms with E-state index in [0.717, 1.165) is 56.9 Å². The van der Waals surface area contributed by atoms with Gasteiger partial charge in [0.1, 0.15) is 0 Å². The molecule has 0 unspecified atom stereocenters. The number of fused-ring (bicyclic) bond motifs is 1. The Kier molecular flexibility index (Phi) is 5.61. The lowest BCUT2D eigenvalue weighted by molar-refractivity contribution is 0.0910. The largest absolute Gasteiger partial charge is 0.376 e. The SMILES string of the molecule is CCn1nc(CN2CCC(NC(=O)c3ccc(C)s3)CC2)c2c1CCOC2. The van der Waals surface area contributed by atoms with Gasteiger partial charge in [0.15, 0.2) is 0 Å². The van der Waals surface area contributed by atoms with Crippen molar-refractivity contribution < 1.29 is 9.53 Å². The second-order valence-electron chi connectivity index (χ2n) is 7.42. The topological polar surface area (TPSA) is 59.4 Å². The van der Waals surface area contributed by atoms with E-state index >= 15 is 0 Å². The Bertz CT molecular complexity index is 805. The summed E-state index contributed by atoms with van der Waals surface area (Å²) in [6, 6.07) is 4.18. The number of thiophene rings is 1. The molecule has 2 aliphatic rings. The summed E-state index contributed by atoms with van der Waals surface area (Å²) in [5.41, 5.74) is 3.82. The van der Waals surface area contributed by atoms with E-state index in [1.54, 1.807) is 11.3 Å². The van der Waals surface area contributed by atoms with Gasteiger partial charge in [-0.1, -0.05) is 0 Å². The summed E-state index contributed by atoms with van der Waals surface area (Å²) >= 11 is 1.56. The predicted octanol–water partition coefficient (Wildman–Crippen LogP) is 2.74. The smallest absolute Gasteiger partial charge is 0.261 e. The van der Waals surface area contributed by atoms with E-state index in [-0.39, 0.29) is 11.9 Å². The van der Waals surface area contributed by atoms with Crippen LogP contribution in [0.25, 0.3) is 0 Å². The van der Waals surface area contributed by atoms with Gasteiger partial charge in [0, 0.05) is 54.8 Å². The Hall–Kier alpha value is -1.70. The maximum atomic E-state index is 12.4. The Balaban J connectivity index is 1.32. The van der Waals surface area contributed by atoms with Crippen molar-refractivity contribution in [2.45, 2.75) is 58.8 Å². The van der Waals surface area contributed by atoms with E-state index in [2.05, 4.69) is 21.8 Å². The molecule has 1 saturated heterocycles. The van der Waals surface area contributed by atoms with E-state index < -0.39 is 0 Å². The molecule has 4 rings (SSSR count). The zero-order chi connectivity index (χ0) is 18.8. The predicted molar refractivity (Wildman–Crippen MR) is 106 cm³/mol. The number of rotatable bonds is 5. The second-order valence-corrected chi connectivity index (χ2v) is 8.71. The molecular weight excluding hydrogens is 360 g/mol. The summed E-state index contributed by atoms with van der Waals surface area (Å²) in [6.45, 7) is 9.44. The molecule has 2 aromatic heterocycles. The van der Waals surface area contributed by atoms with Crippen molar-refractivity contribution in [1.29, 1.82) is 0 Å². The Labute approximate surface area is 164 Å². The molecule has 0 radical (unpaired) electrons. The minimum absolute atomic E-state index is 0.0689. The van der Waals surface area contributed by atoms with Crippen LogP contribution in [0.4, 0.5) is 0 Å². The Morgan fingerprint density at radius 3 is 2.89 bits per heavy atom. The van der Waals surface area contributed by atoms with Gasteiger partial charge in [0.25, 0.3) is 5.91 Å². The van der Waals surface area contributed by atoms with Crippen molar-refractivity contribution in [3.8, 4) is 0 Å². The number of carbonyl (C=O) groups excluding carboxylic acids is 1. The fraction of sp³-hybridized carbons (Fsp3) is 0.600. The first-order valence-electron chi connectivity index (χ1n) is 9.89. The highest BCUT2D eigenvalue weighted by atomic mass is 32.1. The van der Waals surface area contributed by atoms with Crippen LogP contribution in [-0.4, -0.2) is 46.3 Å². The molecule has 1 N–H and O–H groups in total. The molecule has 0 aromatic carbocycles. The minimum Gasteiger partial charge on any atom is -0.376 e. The van der Waals surface area contributed by atoms with Gasteiger partial charge >= 0.3 is 0 Å². The van der Waals surface area contributed by atoms with Gasteiger partial charge in [0.05, 0.1) is 23.8 Å². The van der Waals surface area contributed by atoms with Crippen LogP contribution in [0, 0.1) is 6.92 Å². The second kappa shape index (κ2) is 8.12. The number of likely N-dealkylation sites (tertiary alicyclic amines) is 1. The fourth-order valence-corrected chi connectivity index (χ4v) is 4.80. The number of aryl methyl sites for hydroxylation is 2. The average Bonchev–Trinajstić information content (AvgIpc) is 3.27. The van der Waals surface area contributed by atoms with Crippen molar-refractivity contribution >= 4 is 17.2 Å². The molecule has 2 aliphatic heterocycles. The maximum absolute atomic E-state index is 12.4. The molecule has 2 aromatic rings. The fourth-order valence-electron chi connectivity index (χ4n) is 4.03. The summed E-state index contributed by atoms with van der Waals surface area (Å²) in [4.78, 5) is 16.8. The van der Waals surface area contributed by atoms with Gasteiger partial charge in [-0.05, 0) is 38.8 Å². The zero-order valence-electron chi connectivity index (χ0n) is 16.2. The number of nitrogens with one attached hydrogen (secondary N) is 1. The number of carbonyl (C=O) groups is 1. The number of aromatic nitrogens is 2. The van der Waals surface area contributed by atoms with E-state index in [1.807, 2.05) is 19.1 Å². The highest BCUT2D eigenvalue weighted by molar-refractivity contribution is 7.13. The highest BCUT2D eigenvalue weighted by Gasteiger charge is 2.25. The first-order valence-corrected chi connectivity index (χ1v) is 10.7. The number of piperidine rings is 1. The lowest BCUT2D eigenvalue weighted by Gasteiger charge is -2.32. The highest BCUT2D eigenvalue weighted by Crippen LogP contribution is 2.23. The van der Waals surface area contributed by atoms with Crippen LogP contribution < -0.4 is 5.32 Å². The third-order valence-electron chi connectivity index (χ3n) is 5.54. The lowest BCUT2D eigenvalue weighted by atomic mass is 10.0. The van der Waals surface area contributed by atoms with Crippen molar-refractivity contribution in [2.75, 3.05) is 19.7 Å². The minimum atomic E-state index is 0.0689. The lowest BCUT2D eigenvalue weighted by Crippen LogP contribution is -2.44. The first kappa shape index (κ1) is 18.7. The quantitative estimate of drug-likeness (QED) is 0.856. The molecule has 27 heavy (non-hydrogen) atoms. The standard InChI is InChI=1S/C20H28N4O2S/c1-3-24-18-8-11-26-13-16(18)17(22-24)12-23-9-6-15(7-10-23)21-20(25)19-5-4-14(2)27-19/h4-5,15H,3,6-13H2,1-2H3,(H,21,25). The monoisotopic (exact) mass is 388 g/mol. The molecule has 0 bridgehead atoms. The van der Waals surface area contributed by atoms with Gasteiger partial charge in [-0.25, -0.2) is 0 Å². The normalized spacial score (nSPS) is 18.4. The number of amides is 1. The van der Waals surface area contributed by atoms with Gasteiger partial charge in [-0.3, -0.25) is 14.4 Å². The van der Waals surface area contributed by atoms with Crippen molar-refractivity contribution in [3.05, 3.63) is 38.8 Å². The molecule has 0 spiro atoms. The van der Waals surface area contributed by atoms with Crippen LogP contribution >= 0.6 is 11.3 Å². The van der Waals surface area contributed by atoms with Gasteiger partial charge < -0.3 is 10.1 Å². The van der Waals surface area contributed by atoms with Crippen molar-refractivity contribution in [2.24, 2.45) is 0 Å². The molecule has 0 aliphatic carbocycles. The number of hydrogen-bond donors (Lipinski definition) is 1. The summed E-state index contributed by atoms with van der Waals surface area (Å²) in [6.07, 6.45) is 2.94. The molecule has 0 saturated carbocycles. The molecule has 0 atom stereocenters. The molecule has 7 heteroatoms. The van der Waals surface area contributed by atoms with E-state index in [1.165, 1.54) is 21.8 Å².